The number of carbonyl (C=O) groups excluding carboxylic acids is 2. The average molecular weight is 877 g/mol. The van der Waals surface area contributed by atoms with Gasteiger partial charge in [0.2, 0.25) is 0 Å². The van der Waals surface area contributed by atoms with Crippen molar-refractivity contribution < 1.29 is 48.2 Å². The zero-order valence-electron chi connectivity index (χ0n) is 38.5. The topological polar surface area (TPSA) is 130 Å². The van der Waals surface area contributed by atoms with E-state index in [1.165, 1.54) is 0 Å². The highest BCUT2D eigenvalue weighted by Gasteiger charge is 2.25. The average Bonchev–Trinajstić information content (AvgIpc) is 3.29. The van der Waals surface area contributed by atoms with Crippen molar-refractivity contribution in [1.29, 1.82) is 0 Å². The number of hydrogen-bond acceptors (Lipinski definition) is 10. The monoisotopic (exact) mass is 876 g/mol. The third-order valence-corrected chi connectivity index (χ3v) is 11.2. The fraction of sp³-hybridized carbons (Fsp3) is 0.444. The van der Waals surface area contributed by atoms with Gasteiger partial charge in [0.05, 0.1) is 39.6 Å². The van der Waals surface area contributed by atoms with E-state index in [9.17, 15) is 19.8 Å². The highest BCUT2D eigenvalue weighted by molar-refractivity contribution is 5.81. The molecule has 10 heteroatoms. The molecule has 0 fully saturated rings. The van der Waals surface area contributed by atoms with E-state index in [-0.39, 0.29) is 26.4 Å². The minimum Gasteiger partial charge on any atom is -0.493 e. The van der Waals surface area contributed by atoms with Crippen LogP contribution in [0.5, 0.6) is 23.0 Å². The molecule has 0 heterocycles. The largest absolute Gasteiger partial charge is 0.493 e. The maximum atomic E-state index is 12.4. The molecule has 344 valence electrons. The second-order valence-electron chi connectivity index (χ2n) is 16.4. The summed E-state index contributed by atoms with van der Waals surface area (Å²) in [5.41, 5.74) is 9.96. The first-order valence-corrected chi connectivity index (χ1v) is 23.1. The Hall–Kier alpha value is -5.58. The van der Waals surface area contributed by atoms with Crippen molar-refractivity contribution in [3.05, 3.63) is 141 Å². The number of rotatable bonds is 24. The SMILES string of the molecule is C=CC(=O)OCc1cc2c(OCCCC)c(c1)Cc1cc(CO)cc(c1OCCCC)Cc1cc(COC(=O)C=C)cc(c1OCCCC)Cc1cc(CO)cc(c1OCCCC)C2. The van der Waals surface area contributed by atoms with Crippen LogP contribution in [0.15, 0.2) is 73.8 Å². The van der Waals surface area contributed by atoms with Crippen LogP contribution in [0.1, 0.15) is 146 Å². The normalized spacial score (nSPS) is 12.0. The number of hydrogen-bond donors (Lipinski definition) is 2. The Morgan fingerprint density at radius 3 is 0.891 bits per heavy atom. The number of unbranched alkanes of at least 4 members (excludes halogenated alkanes) is 4. The van der Waals surface area contributed by atoms with Crippen LogP contribution in [0, 0.1) is 0 Å². The molecule has 64 heavy (non-hydrogen) atoms. The minimum atomic E-state index is -0.525. The lowest BCUT2D eigenvalue weighted by molar-refractivity contribution is -0.139. The number of carbonyl (C=O) groups is 2. The van der Waals surface area contributed by atoms with Crippen LogP contribution in [0.25, 0.3) is 0 Å². The fourth-order valence-corrected chi connectivity index (χ4v) is 7.97. The van der Waals surface area contributed by atoms with E-state index in [0.717, 1.165) is 153 Å². The second kappa shape index (κ2) is 25.6. The molecule has 8 bridgehead atoms. The molecule has 0 aromatic heterocycles. The first kappa shape index (κ1) is 49.4. The molecule has 0 radical (unpaired) electrons. The zero-order chi connectivity index (χ0) is 45.8. The lowest BCUT2D eigenvalue weighted by Crippen LogP contribution is -2.12. The summed E-state index contributed by atoms with van der Waals surface area (Å²) in [5.74, 6) is 1.83. The molecule has 5 rings (SSSR count). The third-order valence-electron chi connectivity index (χ3n) is 11.2. The van der Waals surface area contributed by atoms with Crippen LogP contribution < -0.4 is 18.9 Å². The van der Waals surface area contributed by atoms with Crippen molar-refractivity contribution in [3.8, 4) is 23.0 Å². The van der Waals surface area contributed by atoms with Gasteiger partial charge in [0.25, 0.3) is 0 Å². The van der Waals surface area contributed by atoms with E-state index in [1.54, 1.807) is 0 Å². The Labute approximate surface area is 380 Å². The standard InChI is InChI=1S/C54H68O10/c1-7-13-17-59-51-41-21-37(33-55)22-42(51)30-46-26-40(36-64-50(58)12-6)28-48(54(46)62-20-16-10-4)32-44-24-38(34-56)23-43(52(44)60-18-14-8-2)31-47-27-39(35-63-49(57)11-5)25-45(29-41)53(47)61-19-15-9-3/h11-12,21-28,55-56H,5-10,13-20,29-36H2,1-4H3. The van der Waals surface area contributed by atoms with Gasteiger partial charge in [0.15, 0.2) is 0 Å². The summed E-state index contributed by atoms with van der Waals surface area (Å²) < 4.78 is 38.4. The summed E-state index contributed by atoms with van der Waals surface area (Å²) in [6.07, 6.45) is 11.0. The van der Waals surface area contributed by atoms with Crippen molar-refractivity contribution in [3.63, 3.8) is 0 Å². The van der Waals surface area contributed by atoms with Crippen molar-refractivity contribution in [2.45, 2.75) is 131 Å². The molecule has 0 atom stereocenters. The summed E-state index contributed by atoms with van der Waals surface area (Å²) in [7, 11) is 0. The Balaban J connectivity index is 1.90. The van der Waals surface area contributed by atoms with Gasteiger partial charge >= 0.3 is 11.9 Å². The van der Waals surface area contributed by atoms with E-state index in [2.05, 4.69) is 40.9 Å². The highest BCUT2D eigenvalue weighted by atomic mass is 16.5. The number of aliphatic hydroxyl groups is 2. The lowest BCUT2D eigenvalue weighted by Gasteiger charge is -2.25. The summed E-state index contributed by atoms with van der Waals surface area (Å²) in [6.45, 7) is 17.3. The van der Waals surface area contributed by atoms with Crippen LogP contribution in [0.3, 0.4) is 0 Å². The Kier molecular flexibility index (Phi) is 19.8. The van der Waals surface area contributed by atoms with Gasteiger partial charge in [0.1, 0.15) is 36.2 Å². The molecular weight excluding hydrogens is 809 g/mol. The lowest BCUT2D eigenvalue weighted by atomic mass is 9.88. The van der Waals surface area contributed by atoms with Gasteiger partial charge in [-0.1, -0.05) is 66.5 Å². The van der Waals surface area contributed by atoms with Crippen molar-refractivity contribution in [2.24, 2.45) is 0 Å². The molecular formula is C54H68O10. The number of esters is 2. The van der Waals surface area contributed by atoms with Gasteiger partial charge in [-0.25, -0.2) is 9.59 Å². The van der Waals surface area contributed by atoms with Gasteiger partial charge in [-0.15, -0.1) is 0 Å². The van der Waals surface area contributed by atoms with Gasteiger partial charge in [0, 0.05) is 37.8 Å². The van der Waals surface area contributed by atoms with Crippen LogP contribution in [-0.4, -0.2) is 48.6 Å². The molecule has 0 aliphatic heterocycles. The number of fused-ring (bicyclic) bond motifs is 8. The molecule has 0 saturated heterocycles. The predicted molar refractivity (Wildman–Crippen MR) is 250 cm³/mol. The Bertz CT molecular complexity index is 1950. The number of benzene rings is 4. The molecule has 0 spiro atoms. The summed E-state index contributed by atoms with van der Waals surface area (Å²) >= 11 is 0. The molecule has 4 aromatic carbocycles. The maximum Gasteiger partial charge on any atom is 0.330 e. The molecule has 2 N–H and O–H groups in total. The summed E-state index contributed by atoms with van der Waals surface area (Å²) in [4.78, 5) is 24.8. The first-order chi connectivity index (χ1) is 31.2. The molecule has 1 aliphatic carbocycles. The highest BCUT2D eigenvalue weighted by Crippen LogP contribution is 2.41. The van der Waals surface area contributed by atoms with Crippen LogP contribution in [0.2, 0.25) is 0 Å². The molecule has 10 nitrogen and oxygen atoms in total. The predicted octanol–water partition coefficient (Wildman–Crippen LogP) is 10.5. The van der Waals surface area contributed by atoms with E-state index in [4.69, 9.17) is 28.4 Å². The van der Waals surface area contributed by atoms with Crippen molar-refractivity contribution in [1.82, 2.24) is 0 Å². The van der Waals surface area contributed by atoms with Crippen LogP contribution in [-0.2, 0) is 71.2 Å². The van der Waals surface area contributed by atoms with Crippen molar-refractivity contribution in [2.75, 3.05) is 26.4 Å². The first-order valence-electron chi connectivity index (χ1n) is 23.1. The van der Waals surface area contributed by atoms with Gasteiger partial charge < -0.3 is 38.6 Å². The van der Waals surface area contributed by atoms with Crippen LogP contribution >= 0.6 is 0 Å². The minimum absolute atomic E-state index is 0.0174. The van der Waals surface area contributed by atoms with Gasteiger partial charge in [-0.2, -0.15) is 0 Å². The number of aliphatic hydroxyl groups excluding tert-OH is 2. The van der Waals surface area contributed by atoms with E-state index >= 15 is 0 Å². The zero-order valence-corrected chi connectivity index (χ0v) is 38.5. The molecule has 0 unspecified atom stereocenters. The third kappa shape index (κ3) is 13.7. The van der Waals surface area contributed by atoms with Gasteiger partial charge in [-0.3, -0.25) is 0 Å². The molecule has 1 aliphatic rings. The number of ether oxygens (including phenoxy) is 6. The van der Waals surface area contributed by atoms with E-state index in [1.807, 2.05) is 48.5 Å². The van der Waals surface area contributed by atoms with Crippen LogP contribution in [0.4, 0.5) is 0 Å². The Morgan fingerprint density at radius 2 is 0.688 bits per heavy atom. The second-order valence-corrected chi connectivity index (χ2v) is 16.4. The summed E-state index contributed by atoms with van der Waals surface area (Å²) in [5, 5.41) is 21.6. The van der Waals surface area contributed by atoms with Gasteiger partial charge in [-0.05, 0) is 141 Å². The van der Waals surface area contributed by atoms with E-state index in [0.29, 0.717) is 52.1 Å². The molecule has 0 amide bonds. The quantitative estimate of drug-likeness (QED) is 0.0351. The molecule has 0 saturated carbocycles. The maximum absolute atomic E-state index is 12.4. The van der Waals surface area contributed by atoms with E-state index < -0.39 is 11.9 Å². The summed E-state index contributed by atoms with van der Waals surface area (Å²) in [6, 6.07) is 16.1. The smallest absolute Gasteiger partial charge is 0.330 e. The Morgan fingerprint density at radius 1 is 0.453 bits per heavy atom. The fourth-order valence-electron chi connectivity index (χ4n) is 7.97. The molecule has 4 aromatic rings. The van der Waals surface area contributed by atoms with Crippen molar-refractivity contribution >= 4 is 11.9 Å².